The van der Waals surface area contributed by atoms with Crippen molar-refractivity contribution in [1.29, 1.82) is 0 Å². The van der Waals surface area contributed by atoms with E-state index >= 15 is 0 Å². The fourth-order valence-corrected chi connectivity index (χ4v) is 3.00. The van der Waals surface area contributed by atoms with Crippen LogP contribution in [0.4, 0.5) is 11.6 Å². The number of carbonyl (C=O) groups excluding carboxylic acids is 1. The molecule has 1 aliphatic heterocycles. The number of anilines is 2. The van der Waals surface area contributed by atoms with Gasteiger partial charge in [0.2, 0.25) is 5.91 Å². The molecule has 21 heavy (non-hydrogen) atoms. The second kappa shape index (κ2) is 6.28. The number of carbonyl (C=O) groups is 1. The van der Waals surface area contributed by atoms with Gasteiger partial charge in [0.15, 0.2) is 0 Å². The SMILES string of the molecule is CCCc1c(NC)ncnc1N1CCC(C)(C(=O)NC)C1. The summed E-state index contributed by atoms with van der Waals surface area (Å²) in [6.45, 7) is 5.71. The highest BCUT2D eigenvalue weighted by molar-refractivity contribution is 5.83. The second-order valence-electron chi connectivity index (χ2n) is 5.84. The molecule has 1 atom stereocenters. The van der Waals surface area contributed by atoms with Gasteiger partial charge in [0.25, 0.3) is 0 Å². The topological polar surface area (TPSA) is 70.2 Å². The van der Waals surface area contributed by atoms with Gasteiger partial charge in [0, 0.05) is 32.7 Å². The molecule has 1 fully saturated rings. The van der Waals surface area contributed by atoms with E-state index in [9.17, 15) is 4.79 Å². The van der Waals surface area contributed by atoms with Crippen molar-refractivity contribution in [2.75, 3.05) is 37.4 Å². The van der Waals surface area contributed by atoms with Crippen LogP contribution in [0.25, 0.3) is 0 Å². The zero-order chi connectivity index (χ0) is 15.5. The first kappa shape index (κ1) is 15.5. The minimum absolute atomic E-state index is 0.102. The average molecular weight is 291 g/mol. The Balaban J connectivity index is 2.29. The van der Waals surface area contributed by atoms with Crippen molar-refractivity contribution in [2.24, 2.45) is 5.41 Å². The smallest absolute Gasteiger partial charge is 0.227 e. The predicted octanol–water partition coefficient (Wildman–Crippen LogP) is 1.43. The minimum atomic E-state index is -0.344. The molecule has 1 aromatic heterocycles. The molecule has 2 heterocycles. The molecule has 1 amide bonds. The Morgan fingerprint density at radius 1 is 1.43 bits per heavy atom. The highest BCUT2D eigenvalue weighted by Gasteiger charge is 2.40. The summed E-state index contributed by atoms with van der Waals surface area (Å²) in [6.07, 6.45) is 4.40. The molecular weight excluding hydrogens is 266 g/mol. The molecule has 0 bridgehead atoms. The van der Waals surface area contributed by atoms with Gasteiger partial charge in [-0.2, -0.15) is 0 Å². The summed E-state index contributed by atoms with van der Waals surface area (Å²) in [7, 11) is 3.58. The molecule has 6 heteroatoms. The third kappa shape index (κ3) is 2.94. The van der Waals surface area contributed by atoms with Crippen molar-refractivity contribution in [1.82, 2.24) is 15.3 Å². The van der Waals surface area contributed by atoms with E-state index in [0.717, 1.165) is 43.0 Å². The van der Waals surface area contributed by atoms with E-state index in [1.807, 2.05) is 14.0 Å². The Hall–Kier alpha value is -1.85. The largest absolute Gasteiger partial charge is 0.373 e. The number of aromatic nitrogens is 2. The maximum absolute atomic E-state index is 12.1. The van der Waals surface area contributed by atoms with E-state index in [2.05, 4.69) is 32.4 Å². The Bertz CT molecular complexity index is 519. The van der Waals surface area contributed by atoms with Crippen LogP contribution in [-0.2, 0) is 11.2 Å². The van der Waals surface area contributed by atoms with E-state index in [0.29, 0.717) is 6.54 Å². The summed E-state index contributed by atoms with van der Waals surface area (Å²) in [5, 5.41) is 5.91. The van der Waals surface area contributed by atoms with Gasteiger partial charge >= 0.3 is 0 Å². The molecule has 0 radical (unpaired) electrons. The molecule has 0 aliphatic carbocycles. The van der Waals surface area contributed by atoms with Gasteiger partial charge in [-0.05, 0) is 19.8 Å². The molecule has 116 valence electrons. The van der Waals surface area contributed by atoms with Crippen molar-refractivity contribution in [3.05, 3.63) is 11.9 Å². The first-order chi connectivity index (χ1) is 10.1. The van der Waals surface area contributed by atoms with E-state index in [4.69, 9.17) is 0 Å². The number of nitrogens with zero attached hydrogens (tertiary/aromatic N) is 3. The van der Waals surface area contributed by atoms with Crippen molar-refractivity contribution in [3.63, 3.8) is 0 Å². The van der Waals surface area contributed by atoms with Crippen LogP contribution in [0.5, 0.6) is 0 Å². The highest BCUT2D eigenvalue weighted by Crippen LogP contribution is 2.35. The lowest BCUT2D eigenvalue weighted by Gasteiger charge is -2.25. The molecule has 1 unspecified atom stereocenters. The average Bonchev–Trinajstić information content (AvgIpc) is 2.90. The van der Waals surface area contributed by atoms with Crippen LogP contribution >= 0.6 is 0 Å². The van der Waals surface area contributed by atoms with Crippen LogP contribution in [-0.4, -0.2) is 43.1 Å². The van der Waals surface area contributed by atoms with Crippen molar-refractivity contribution < 1.29 is 4.79 Å². The van der Waals surface area contributed by atoms with Crippen LogP contribution in [0, 0.1) is 5.41 Å². The van der Waals surface area contributed by atoms with Crippen molar-refractivity contribution >= 4 is 17.5 Å². The van der Waals surface area contributed by atoms with Crippen molar-refractivity contribution in [2.45, 2.75) is 33.1 Å². The Morgan fingerprint density at radius 2 is 2.19 bits per heavy atom. The van der Waals surface area contributed by atoms with Gasteiger partial charge in [-0.3, -0.25) is 4.79 Å². The quantitative estimate of drug-likeness (QED) is 0.859. The van der Waals surface area contributed by atoms with Crippen LogP contribution in [0.2, 0.25) is 0 Å². The number of hydrogen-bond acceptors (Lipinski definition) is 5. The van der Waals surface area contributed by atoms with Gasteiger partial charge < -0.3 is 15.5 Å². The second-order valence-corrected chi connectivity index (χ2v) is 5.84. The van der Waals surface area contributed by atoms with Gasteiger partial charge in [-0.15, -0.1) is 0 Å². The number of hydrogen-bond donors (Lipinski definition) is 2. The molecule has 2 N–H and O–H groups in total. The first-order valence-electron chi connectivity index (χ1n) is 7.54. The van der Waals surface area contributed by atoms with E-state index in [1.54, 1.807) is 13.4 Å². The Kier molecular flexibility index (Phi) is 4.65. The molecule has 1 aromatic rings. The third-order valence-electron chi connectivity index (χ3n) is 4.21. The van der Waals surface area contributed by atoms with E-state index < -0.39 is 0 Å². The number of amides is 1. The lowest BCUT2D eigenvalue weighted by atomic mass is 9.89. The third-order valence-corrected chi connectivity index (χ3v) is 4.21. The fraction of sp³-hybridized carbons (Fsp3) is 0.667. The molecule has 1 saturated heterocycles. The van der Waals surface area contributed by atoms with Gasteiger partial charge in [0.1, 0.15) is 18.0 Å². The number of nitrogens with one attached hydrogen (secondary N) is 2. The van der Waals surface area contributed by atoms with Gasteiger partial charge in [-0.1, -0.05) is 13.3 Å². The molecule has 0 saturated carbocycles. The fourth-order valence-electron chi connectivity index (χ4n) is 3.00. The summed E-state index contributed by atoms with van der Waals surface area (Å²) in [5.41, 5.74) is 0.798. The zero-order valence-corrected chi connectivity index (χ0v) is 13.4. The van der Waals surface area contributed by atoms with Gasteiger partial charge in [0.05, 0.1) is 5.41 Å². The molecule has 2 rings (SSSR count). The maximum atomic E-state index is 12.1. The molecular formula is C15H25N5O. The molecule has 0 spiro atoms. The zero-order valence-electron chi connectivity index (χ0n) is 13.4. The van der Waals surface area contributed by atoms with Crippen LogP contribution in [0.15, 0.2) is 6.33 Å². The Labute approximate surface area is 126 Å². The first-order valence-corrected chi connectivity index (χ1v) is 7.54. The van der Waals surface area contributed by atoms with Crippen molar-refractivity contribution in [3.8, 4) is 0 Å². The van der Waals surface area contributed by atoms with E-state index in [-0.39, 0.29) is 11.3 Å². The normalized spacial score (nSPS) is 21.4. The summed E-state index contributed by atoms with van der Waals surface area (Å²) in [5.74, 6) is 1.95. The summed E-state index contributed by atoms with van der Waals surface area (Å²) in [4.78, 5) is 23.1. The summed E-state index contributed by atoms with van der Waals surface area (Å²) in [6, 6.07) is 0. The standard InChI is InChI=1S/C15H25N5O/c1-5-6-11-12(16-3)18-10-19-13(11)20-8-7-15(2,9-20)14(21)17-4/h10H,5-9H2,1-4H3,(H,17,21)(H,16,18,19). The van der Waals surface area contributed by atoms with Crippen LogP contribution in [0.1, 0.15) is 32.3 Å². The predicted molar refractivity (Wildman–Crippen MR) is 84.6 cm³/mol. The minimum Gasteiger partial charge on any atom is -0.373 e. The highest BCUT2D eigenvalue weighted by atomic mass is 16.2. The lowest BCUT2D eigenvalue weighted by molar-refractivity contribution is -0.128. The Morgan fingerprint density at radius 3 is 2.81 bits per heavy atom. The maximum Gasteiger partial charge on any atom is 0.227 e. The van der Waals surface area contributed by atoms with Crippen LogP contribution < -0.4 is 15.5 Å². The lowest BCUT2D eigenvalue weighted by Crippen LogP contribution is -2.39. The summed E-state index contributed by atoms with van der Waals surface area (Å²) >= 11 is 0. The van der Waals surface area contributed by atoms with Gasteiger partial charge in [-0.25, -0.2) is 9.97 Å². The molecule has 6 nitrogen and oxygen atoms in total. The van der Waals surface area contributed by atoms with E-state index in [1.165, 1.54) is 0 Å². The number of rotatable bonds is 5. The monoisotopic (exact) mass is 291 g/mol. The molecule has 1 aliphatic rings. The molecule has 0 aromatic carbocycles. The summed E-state index contributed by atoms with van der Waals surface area (Å²) < 4.78 is 0. The van der Waals surface area contributed by atoms with Crippen LogP contribution in [0.3, 0.4) is 0 Å².